The molecule has 0 bridgehead atoms. The molecule has 0 fully saturated rings. The molecule has 3 nitrogen and oxygen atoms in total. The van der Waals surface area contributed by atoms with Crippen molar-refractivity contribution in [3.05, 3.63) is 87.1 Å². The number of hydrogen-bond acceptors (Lipinski definition) is 3. The minimum Gasteiger partial charge on any atom is -0.450 e. The summed E-state index contributed by atoms with van der Waals surface area (Å²) < 4.78 is 5.79. The number of halogens is 3. The number of carbonyl (C=O) groups is 1. The Balaban J connectivity index is 1.81. The summed E-state index contributed by atoms with van der Waals surface area (Å²) in [5.41, 5.74) is 9.08. The lowest BCUT2D eigenvalue weighted by atomic mass is 10.0. The van der Waals surface area contributed by atoms with Gasteiger partial charge in [-0.25, -0.2) is 0 Å². The van der Waals surface area contributed by atoms with Crippen LogP contribution in [0.3, 0.4) is 0 Å². The second-order valence-electron chi connectivity index (χ2n) is 6.02. The third kappa shape index (κ3) is 3.30. The van der Waals surface area contributed by atoms with Gasteiger partial charge in [0.05, 0.1) is 10.7 Å². The number of hydrogen-bond donors (Lipinski definition) is 1. The van der Waals surface area contributed by atoms with Crippen molar-refractivity contribution < 1.29 is 9.21 Å². The highest BCUT2D eigenvalue weighted by molar-refractivity contribution is 6.37. The van der Waals surface area contributed by atoms with Crippen molar-refractivity contribution in [3.63, 3.8) is 0 Å². The molecule has 4 aromatic rings. The molecule has 3 aromatic carbocycles. The monoisotopic (exact) mass is 415 g/mol. The SMILES string of the molecule is Nc1c(C(=O)c2ccc(Cl)cc2Cl)oc2cc(-c3cccc(Cl)c3)ccc12. The first-order valence-corrected chi connectivity index (χ1v) is 9.15. The van der Waals surface area contributed by atoms with E-state index in [1.807, 2.05) is 36.4 Å². The second kappa shape index (κ2) is 6.93. The lowest BCUT2D eigenvalue weighted by Crippen LogP contribution is -2.03. The second-order valence-corrected chi connectivity index (χ2v) is 7.30. The maximum absolute atomic E-state index is 12.8. The summed E-state index contributed by atoms with van der Waals surface area (Å²) in [6.07, 6.45) is 0. The standard InChI is InChI=1S/C21H12Cl3NO2/c22-13-3-1-2-11(8-13)12-4-6-16-18(9-12)27-21(19(16)25)20(26)15-7-5-14(23)10-17(15)24/h1-10H,25H2. The van der Waals surface area contributed by atoms with E-state index >= 15 is 0 Å². The molecule has 2 N–H and O–H groups in total. The summed E-state index contributed by atoms with van der Waals surface area (Å²) in [6.45, 7) is 0. The highest BCUT2D eigenvalue weighted by atomic mass is 35.5. The van der Waals surface area contributed by atoms with E-state index in [1.165, 1.54) is 6.07 Å². The van der Waals surface area contributed by atoms with Crippen LogP contribution in [0.5, 0.6) is 0 Å². The van der Waals surface area contributed by atoms with Crippen LogP contribution in [0.4, 0.5) is 5.69 Å². The zero-order valence-corrected chi connectivity index (χ0v) is 16.1. The smallest absolute Gasteiger partial charge is 0.231 e. The maximum Gasteiger partial charge on any atom is 0.231 e. The molecule has 0 spiro atoms. The number of benzene rings is 3. The molecule has 0 radical (unpaired) electrons. The Labute approximate surface area is 170 Å². The predicted molar refractivity (Wildman–Crippen MR) is 111 cm³/mol. The molecule has 0 amide bonds. The van der Waals surface area contributed by atoms with Gasteiger partial charge >= 0.3 is 0 Å². The molecule has 27 heavy (non-hydrogen) atoms. The highest BCUT2D eigenvalue weighted by Crippen LogP contribution is 2.35. The number of nitrogens with two attached hydrogens (primary N) is 1. The van der Waals surface area contributed by atoms with Gasteiger partial charge in [-0.05, 0) is 53.6 Å². The third-order valence-corrected chi connectivity index (χ3v) is 5.05. The molecule has 0 aliphatic heterocycles. The Morgan fingerprint density at radius 1 is 0.852 bits per heavy atom. The zero-order valence-electron chi connectivity index (χ0n) is 13.8. The van der Waals surface area contributed by atoms with Crippen molar-refractivity contribution in [3.8, 4) is 11.1 Å². The van der Waals surface area contributed by atoms with Gasteiger partial charge in [-0.2, -0.15) is 0 Å². The molecule has 0 atom stereocenters. The summed E-state index contributed by atoms with van der Waals surface area (Å²) in [4.78, 5) is 12.8. The Bertz CT molecular complexity index is 1200. The molecule has 6 heteroatoms. The first-order chi connectivity index (χ1) is 12.9. The average molecular weight is 417 g/mol. The summed E-state index contributed by atoms with van der Waals surface area (Å²) >= 11 is 18.1. The van der Waals surface area contributed by atoms with Crippen LogP contribution < -0.4 is 5.73 Å². The van der Waals surface area contributed by atoms with E-state index < -0.39 is 5.78 Å². The molecule has 0 aliphatic carbocycles. The summed E-state index contributed by atoms with van der Waals surface area (Å²) in [5.74, 6) is -0.341. The Morgan fingerprint density at radius 2 is 1.59 bits per heavy atom. The number of nitrogen functional groups attached to an aromatic ring is 1. The first kappa shape index (κ1) is 17.9. The number of fused-ring (bicyclic) bond motifs is 1. The van der Waals surface area contributed by atoms with E-state index in [0.29, 0.717) is 21.0 Å². The molecular formula is C21H12Cl3NO2. The Hall–Kier alpha value is -2.46. The van der Waals surface area contributed by atoms with E-state index in [9.17, 15) is 4.79 Å². The maximum atomic E-state index is 12.8. The van der Waals surface area contributed by atoms with Gasteiger partial charge in [-0.15, -0.1) is 0 Å². The Kier molecular flexibility index (Phi) is 4.60. The molecular weight excluding hydrogens is 405 g/mol. The molecule has 0 unspecified atom stereocenters. The fourth-order valence-electron chi connectivity index (χ4n) is 2.93. The van der Waals surface area contributed by atoms with Gasteiger partial charge < -0.3 is 10.2 Å². The Morgan fingerprint density at radius 3 is 2.33 bits per heavy atom. The van der Waals surface area contributed by atoms with E-state index in [4.69, 9.17) is 45.0 Å². The topological polar surface area (TPSA) is 56.2 Å². The third-order valence-electron chi connectivity index (χ3n) is 4.27. The lowest BCUT2D eigenvalue weighted by Gasteiger charge is -2.02. The molecule has 134 valence electrons. The van der Waals surface area contributed by atoms with Gasteiger partial charge in [0.1, 0.15) is 5.58 Å². The lowest BCUT2D eigenvalue weighted by molar-refractivity contribution is 0.101. The zero-order chi connectivity index (χ0) is 19.1. The van der Waals surface area contributed by atoms with Gasteiger partial charge in [-0.1, -0.05) is 53.0 Å². The van der Waals surface area contributed by atoms with Crippen LogP contribution in [0.25, 0.3) is 22.1 Å². The van der Waals surface area contributed by atoms with Crippen molar-refractivity contribution in [2.45, 2.75) is 0 Å². The van der Waals surface area contributed by atoms with Crippen molar-refractivity contribution in [2.75, 3.05) is 5.73 Å². The molecule has 0 saturated heterocycles. The van der Waals surface area contributed by atoms with Crippen LogP contribution in [0, 0.1) is 0 Å². The van der Waals surface area contributed by atoms with Gasteiger partial charge in [0.2, 0.25) is 5.78 Å². The van der Waals surface area contributed by atoms with Crippen molar-refractivity contribution in [1.82, 2.24) is 0 Å². The fraction of sp³-hybridized carbons (Fsp3) is 0. The molecule has 4 rings (SSSR count). The molecule has 1 aromatic heterocycles. The van der Waals surface area contributed by atoms with Crippen molar-refractivity contribution in [2.24, 2.45) is 0 Å². The highest BCUT2D eigenvalue weighted by Gasteiger charge is 2.22. The van der Waals surface area contributed by atoms with Gasteiger partial charge in [-0.3, -0.25) is 4.79 Å². The summed E-state index contributed by atoms with van der Waals surface area (Å²) in [6, 6.07) is 17.7. The molecule has 0 saturated carbocycles. The van der Waals surface area contributed by atoms with Crippen LogP contribution in [-0.4, -0.2) is 5.78 Å². The van der Waals surface area contributed by atoms with E-state index in [-0.39, 0.29) is 22.0 Å². The van der Waals surface area contributed by atoms with Crippen LogP contribution in [-0.2, 0) is 0 Å². The normalized spacial score (nSPS) is 11.1. The fourth-order valence-corrected chi connectivity index (χ4v) is 3.61. The number of rotatable bonds is 3. The van der Waals surface area contributed by atoms with Crippen LogP contribution in [0.15, 0.2) is 65.1 Å². The first-order valence-electron chi connectivity index (χ1n) is 8.02. The van der Waals surface area contributed by atoms with Crippen molar-refractivity contribution in [1.29, 1.82) is 0 Å². The average Bonchev–Trinajstić information content (AvgIpc) is 2.97. The minimum absolute atomic E-state index is 0.0532. The van der Waals surface area contributed by atoms with Gasteiger partial charge in [0.25, 0.3) is 0 Å². The number of carbonyl (C=O) groups excluding carboxylic acids is 1. The summed E-state index contributed by atoms with van der Waals surface area (Å²) in [7, 11) is 0. The van der Waals surface area contributed by atoms with E-state index in [0.717, 1.165) is 11.1 Å². The van der Waals surface area contributed by atoms with E-state index in [1.54, 1.807) is 18.2 Å². The van der Waals surface area contributed by atoms with Crippen LogP contribution in [0.1, 0.15) is 16.1 Å². The molecule has 0 aliphatic rings. The van der Waals surface area contributed by atoms with Crippen molar-refractivity contribution >= 4 is 57.2 Å². The predicted octanol–water partition coefficient (Wildman–Crippen LogP) is 6.87. The minimum atomic E-state index is -0.394. The number of furan rings is 1. The van der Waals surface area contributed by atoms with E-state index in [2.05, 4.69) is 0 Å². The number of ketones is 1. The summed E-state index contributed by atoms with van der Waals surface area (Å²) in [5, 5.41) is 1.99. The van der Waals surface area contributed by atoms with Gasteiger partial charge in [0.15, 0.2) is 5.76 Å². The number of anilines is 1. The quantitative estimate of drug-likeness (QED) is 0.371. The molecule has 1 heterocycles. The van der Waals surface area contributed by atoms with Gasteiger partial charge in [0, 0.05) is 21.0 Å². The van der Waals surface area contributed by atoms with Crippen LogP contribution in [0.2, 0.25) is 15.1 Å². The largest absolute Gasteiger partial charge is 0.450 e. The van der Waals surface area contributed by atoms with Crippen LogP contribution >= 0.6 is 34.8 Å².